The van der Waals surface area contributed by atoms with E-state index in [1.54, 1.807) is 12.1 Å². The number of benzene rings is 1. The Bertz CT molecular complexity index is 470. The van der Waals surface area contributed by atoms with Crippen LogP contribution < -0.4 is 5.32 Å². The fourth-order valence-electron chi connectivity index (χ4n) is 1.64. The Kier molecular flexibility index (Phi) is 4.98. The van der Waals surface area contributed by atoms with Gasteiger partial charge in [-0.05, 0) is 37.5 Å². The average molecular weight is 263 g/mol. The Hall–Kier alpha value is -1.97. The lowest BCUT2D eigenvalue weighted by molar-refractivity contribution is -0.127. The number of hydrogen-bond acceptors (Lipinski definition) is 3. The molecule has 4 heteroatoms. The van der Waals surface area contributed by atoms with Crippen LogP contribution in [0.3, 0.4) is 0 Å². The topological polar surface area (TPSA) is 69.6 Å². The first kappa shape index (κ1) is 15.1. The third kappa shape index (κ3) is 3.74. The van der Waals surface area contributed by atoms with Crippen LogP contribution in [0.15, 0.2) is 30.9 Å². The average Bonchev–Trinajstić information content (AvgIpc) is 2.41. The largest absolute Gasteiger partial charge is 0.504 e. The molecular formula is C15H21NO3. The smallest absolute Gasteiger partial charge is 0.229 e. The van der Waals surface area contributed by atoms with Crippen molar-refractivity contribution < 1.29 is 15.0 Å². The fourth-order valence-corrected chi connectivity index (χ4v) is 1.64. The number of phenolic OH excluding ortho intramolecular Hbond substituents is 2. The van der Waals surface area contributed by atoms with Gasteiger partial charge in [0.1, 0.15) is 0 Å². The summed E-state index contributed by atoms with van der Waals surface area (Å²) in [5.74, 6) is -0.334. The molecule has 4 nitrogen and oxygen atoms in total. The van der Waals surface area contributed by atoms with Crippen LogP contribution in [0.25, 0.3) is 0 Å². The molecule has 1 rings (SSSR count). The zero-order chi connectivity index (χ0) is 14.5. The molecule has 0 fully saturated rings. The van der Waals surface area contributed by atoms with Gasteiger partial charge in [0.2, 0.25) is 5.91 Å². The third-order valence-electron chi connectivity index (χ3n) is 3.44. The van der Waals surface area contributed by atoms with Gasteiger partial charge in [0, 0.05) is 6.54 Å². The van der Waals surface area contributed by atoms with Gasteiger partial charge in [-0.15, -0.1) is 6.58 Å². The van der Waals surface area contributed by atoms with E-state index in [1.807, 2.05) is 13.8 Å². The highest BCUT2D eigenvalue weighted by atomic mass is 16.3. The van der Waals surface area contributed by atoms with Crippen molar-refractivity contribution in [3.8, 4) is 11.5 Å². The molecule has 0 saturated carbocycles. The van der Waals surface area contributed by atoms with E-state index >= 15 is 0 Å². The van der Waals surface area contributed by atoms with E-state index in [0.29, 0.717) is 19.4 Å². The van der Waals surface area contributed by atoms with Crippen LogP contribution in [0.2, 0.25) is 0 Å². The van der Waals surface area contributed by atoms with Gasteiger partial charge in [0.05, 0.1) is 5.41 Å². The Morgan fingerprint density at radius 2 is 2.11 bits per heavy atom. The van der Waals surface area contributed by atoms with E-state index in [2.05, 4.69) is 11.9 Å². The number of aromatic hydroxyl groups is 2. The standard InChI is InChI=1S/C15H21NO3/c1-4-15(3,5-2)14(19)16-9-8-11-6-7-12(17)13(18)10-11/h4,6-7,10,17-18H,1,5,8-9H2,2-3H3,(H,16,19)/t15-/m1/s1. The lowest BCUT2D eigenvalue weighted by Crippen LogP contribution is -2.38. The quantitative estimate of drug-likeness (QED) is 0.545. The van der Waals surface area contributed by atoms with Gasteiger partial charge in [-0.1, -0.05) is 19.1 Å². The number of phenols is 2. The zero-order valence-corrected chi connectivity index (χ0v) is 11.4. The van der Waals surface area contributed by atoms with E-state index in [4.69, 9.17) is 0 Å². The molecule has 0 aliphatic carbocycles. The molecule has 0 aromatic heterocycles. The lowest BCUT2D eigenvalue weighted by atomic mass is 9.87. The summed E-state index contributed by atoms with van der Waals surface area (Å²) >= 11 is 0. The van der Waals surface area contributed by atoms with Gasteiger partial charge in [-0.3, -0.25) is 4.79 Å². The van der Waals surface area contributed by atoms with Crippen molar-refractivity contribution in [2.24, 2.45) is 5.41 Å². The van der Waals surface area contributed by atoms with Crippen molar-refractivity contribution >= 4 is 5.91 Å². The molecule has 0 radical (unpaired) electrons. The molecule has 1 aromatic carbocycles. The molecule has 1 atom stereocenters. The highest BCUT2D eigenvalue weighted by Crippen LogP contribution is 2.25. The van der Waals surface area contributed by atoms with Gasteiger partial charge >= 0.3 is 0 Å². The summed E-state index contributed by atoms with van der Waals surface area (Å²) in [7, 11) is 0. The minimum Gasteiger partial charge on any atom is -0.504 e. The first-order chi connectivity index (χ1) is 8.92. The first-order valence-electron chi connectivity index (χ1n) is 6.35. The summed E-state index contributed by atoms with van der Waals surface area (Å²) in [6.07, 6.45) is 2.95. The van der Waals surface area contributed by atoms with Crippen molar-refractivity contribution in [2.75, 3.05) is 6.54 Å². The summed E-state index contributed by atoms with van der Waals surface area (Å²) in [6, 6.07) is 4.65. The molecular weight excluding hydrogens is 242 g/mol. The van der Waals surface area contributed by atoms with Crippen LogP contribution >= 0.6 is 0 Å². The molecule has 0 aliphatic rings. The van der Waals surface area contributed by atoms with Gasteiger partial charge in [-0.2, -0.15) is 0 Å². The second-order valence-electron chi connectivity index (χ2n) is 4.80. The number of nitrogens with one attached hydrogen (secondary N) is 1. The molecule has 0 saturated heterocycles. The van der Waals surface area contributed by atoms with Crippen LogP contribution in [0.5, 0.6) is 11.5 Å². The second kappa shape index (κ2) is 6.27. The van der Waals surface area contributed by atoms with Gasteiger partial charge < -0.3 is 15.5 Å². The summed E-state index contributed by atoms with van der Waals surface area (Å²) in [6.45, 7) is 7.96. The molecule has 0 heterocycles. The summed E-state index contributed by atoms with van der Waals surface area (Å²) in [5.41, 5.74) is 0.310. The van der Waals surface area contributed by atoms with Gasteiger partial charge in [-0.25, -0.2) is 0 Å². The lowest BCUT2D eigenvalue weighted by Gasteiger charge is -2.22. The molecule has 104 valence electrons. The van der Waals surface area contributed by atoms with Crippen LogP contribution in [-0.4, -0.2) is 22.7 Å². The number of carbonyl (C=O) groups is 1. The van der Waals surface area contributed by atoms with Crippen molar-refractivity contribution in [1.82, 2.24) is 5.32 Å². The minimum atomic E-state index is -0.545. The molecule has 1 amide bonds. The minimum absolute atomic E-state index is 0.0481. The Balaban J connectivity index is 2.52. The van der Waals surface area contributed by atoms with Crippen molar-refractivity contribution in [2.45, 2.75) is 26.7 Å². The second-order valence-corrected chi connectivity index (χ2v) is 4.80. The molecule has 0 bridgehead atoms. The maximum atomic E-state index is 12.0. The number of amides is 1. The SMILES string of the molecule is C=C[C@](C)(CC)C(=O)NCCc1ccc(O)c(O)c1. The maximum absolute atomic E-state index is 12.0. The number of carbonyl (C=O) groups excluding carboxylic acids is 1. The molecule has 19 heavy (non-hydrogen) atoms. The van der Waals surface area contributed by atoms with Crippen LogP contribution in [0.4, 0.5) is 0 Å². The van der Waals surface area contributed by atoms with Crippen LogP contribution in [-0.2, 0) is 11.2 Å². The Morgan fingerprint density at radius 1 is 1.42 bits per heavy atom. The van der Waals surface area contributed by atoms with E-state index in [1.165, 1.54) is 12.1 Å². The van der Waals surface area contributed by atoms with Gasteiger partial charge in [0.25, 0.3) is 0 Å². The van der Waals surface area contributed by atoms with E-state index in [0.717, 1.165) is 5.56 Å². The Morgan fingerprint density at radius 3 is 2.63 bits per heavy atom. The summed E-state index contributed by atoms with van der Waals surface area (Å²) in [5, 5.41) is 21.4. The van der Waals surface area contributed by atoms with Crippen LogP contribution in [0.1, 0.15) is 25.8 Å². The molecule has 1 aromatic rings. The van der Waals surface area contributed by atoms with E-state index < -0.39 is 5.41 Å². The Labute approximate surface area is 113 Å². The monoisotopic (exact) mass is 263 g/mol. The predicted molar refractivity (Wildman–Crippen MR) is 75.1 cm³/mol. The van der Waals surface area contributed by atoms with Crippen molar-refractivity contribution in [3.05, 3.63) is 36.4 Å². The number of hydrogen-bond donors (Lipinski definition) is 3. The van der Waals surface area contributed by atoms with Gasteiger partial charge in [0.15, 0.2) is 11.5 Å². The highest BCUT2D eigenvalue weighted by molar-refractivity contribution is 5.84. The van der Waals surface area contributed by atoms with E-state index in [9.17, 15) is 15.0 Å². The summed E-state index contributed by atoms with van der Waals surface area (Å²) < 4.78 is 0. The van der Waals surface area contributed by atoms with E-state index in [-0.39, 0.29) is 17.4 Å². The fraction of sp³-hybridized carbons (Fsp3) is 0.400. The number of rotatable bonds is 6. The third-order valence-corrected chi connectivity index (χ3v) is 3.44. The van der Waals surface area contributed by atoms with Crippen LogP contribution in [0, 0.1) is 5.41 Å². The summed E-state index contributed by atoms with van der Waals surface area (Å²) in [4.78, 5) is 12.0. The normalized spacial score (nSPS) is 13.6. The first-order valence-corrected chi connectivity index (χ1v) is 6.35. The molecule has 0 unspecified atom stereocenters. The molecule has 0 spiro atoms. The molecule has 0 aliphatic heterocycles. The highest BCUT2D eigenvalue weighted by Gasteiger charge is 2.26. The van der Waals surface area contributed by atoms with Crippen molar-refractivity contribution in [1.29, 1.82) is 0 Å². The predicted octanol–water partition coefficient (Wildman–Crippen LogP) is 2.36. The zero-order valence-electron chi connectivity index (χ0n) is 11.4. The van der Waals surface area contributed by atoms with Crippen molar-refractivity contribution in [3.63, 3.8) is 0 Å². The maximum Gasteiger partial charge on any atom is 0.229 e. The molecule has 3 N–H and O–H groups in total.